The van der Waals surface area contributed by atoms with Gasteiger partial charge in [-0.1, -0.05) is 194 Å². The lowest BCUT2D eigenvalue weighted by molar-refractivity contribution is 0.792. The van der Waals surface area contributed by atoms with Crippen LogP contribution in [0.4, 0.5) is 17.1 Å². The van der Waals surface area contributed by atoms with Gasteiger partial charge in [0.05, 0.1) is 10.8 Å². The Bertz CT molecular complexity index is 3900. The second-order valence-electron chi connectivity index (χ2n) is 19.4. The van der Waals surface area contributed by atoms with E-state index in [0.29, 0.717) is 0 Å². The smallest absolute Gasteiger partial charge is 0.0726 e. The van der Waals surface area contributed by atoms with E-state index in [-0.39, 0.29) is 0 Å². The van der Waals surface area contributed by atoms with Crippen LogP contribution in [0.1, 0.15) is 44.5 Å². The van der Waals surface area contributed by atoms with Gasteiger partial charge in [0.2, 0.25) is 0 Å². The van der Waals surface area contributed by atoms with E-state index in [1.807, 2.05) is 11.3 Å². The molecule has 0 atom stereocenters. The van der Waals surface area contributed by atoms with E-state index in [1.165, 1.54) is 120 Å². The van der Waals surface area contributed by atoms with Crippen molar-refractivity contribution < 1.29 is 0 Å². The van der Waals surface area contributed by atoms with E-state index in [2.05, 4.69) is 254 Å². The van der Waals surface area contributed by atoms with Gasteiger partial charge in [0.25, 0.3) is 0 Å². The highest BCUT2D eigenvalue weighted by Gasteiger charge is 2.53. The highest BCUT2D eigenvalue weighted by molar-refractivity contribution is 7.25. The Hall–Kier alpha value is -8.56. The molecule has 0 amide bonds. The molecule has 1 aromatic heterocycles. The van der Waals surface area contributed by atoms with Gasteiger partial charge in [-0.2, -0.15) is 0 Å². The predicted octanol–water partition coefficient (Wildman–Crippen LogP) is 17.9. The lowest BCUT2D eigenvalue weighted by Crippen LogP contribution is -2.26. The van der Waals surface area contributed by atoms with Crippen LogP contribution in [-0.4, -0.2) is 0 Å². The molecule has 0 fully saturated rings. The molecule has 0 N–H and O–H groups in total. The number of nitrogens with zero attached hydrogens (tertiary/aromatic N) is 1. The fourth-order valence-electron chi connectivity index (χ4n) is 13.6. The molecule has 2 spiro atoms. The van der Waals surface area contributed by atoms with Crippen LogP contribution in [0.25, 0.3) is 75.8 Å². The topological polar surface area (TPSA) is 3.24 Å². The second-order valence-corrected chi connectivity index (χ2v) is 20.5. The third-order valence-corrected chi connectivity index (χ3v) is 17.4. The monoisotopic (exact) mass is 903 g/mol. The molecule has 16 rings (SSSR count). The lowest BCUT2D eigenvalue weighted by atomic mass is 9.70. The molecule has 0 bridgehead atoms. The Balaban J connectivity index is 0.962. The maximum absolute atomic E-state index is 2.54. The first-order valence-corrected chi connectivity index (χ1v) is 25.2. The van der Waals surface area contributed by atoms with Crippen LogP contribution in [0.5, 0.6) is 0 Å². The minimum absolute atomic E-state index is 0.470. The molecule has 1 heterocycles. The van der Waals surface area contributed by atoms with E-state index >= 15 is 0 Å². The molecule has 4 aliphatic carbocycles. The van der Waals surface area contributed by atoms with Crippen molar-refractivity contribution >= 4 is 48.6 Å². The molecule has 4 aliphatic rings. The molecule has 0 saturated heterocycles. The molecule has 70 heavy (non-hydrogen) atoms. The quantitative estimate of drug-likeness (QED) is 0.170. The average Bonchev–Trinajstić information content (AvgIpc) is 4.20. The van der Waals surface area contributed by atoms with Crippen molar-refractivity contribution in [3.05, 3.63) is 293 Å². The first-order valence-electron chi connectivity index (χ1n) is 24.4. The summed E-state index contributed by atoms with van der Waals surface area (Å²) in [5.41, 5.74) is 26.0. The molecular formula is C68H41NS. The minimum atomic E-state index is -0.470. The molecule has 0 saturated carbocycles. The van der Waals surface area contributed by atoms with Crippen LogP contribution >= 0.6 is 11.3 Å². The molecule has 11 aromatic carbocycles. The molecule has 324 valence electrons. The summed E-state index contributed by atoms with van der Waals surface area (Å²) in [7, 11) is 0. The average molecular weight is 904 g/mol. The molecule has 1 nitrogen and oxygen atoms in total. The number of rotatable bonds is 4. The Morgan fingerprint density at radius 3 is 1.09 bits per heavy atom. The lowest BCUT2D eigenvalue weighted by Gasteiger charge is -2.33. The summed E-state index contributed by atoms with van der Waals surface area (Å²) in [5, 5.41) is 2.62. The van der Waals surface area contributed by atoms with Crippen LogP contribution in [0, 0.1) is 0 Å². The van der Waals surface area contributed by atoms with Crippen LogP contribution in [0.2, 0.25) is 0 Å². The van der Waals surface area contributed by atoms with Gasteiger partial charge >= 0.3 is 0 Å². The number of anilines is 3. The maximum atomic E-state index is 2.54. The summed E-state index contributed by atoms with van der Waals surface area (Å²) in [6, 6.07) is 94.4. The van der Waals surface area contributed by atoms with Gasteiger partial charge in [0, 0.05) is 37.2 Å². The van der Waals surface area contributed by atoms with Crippen molar-refractivity contribution in [2.24, 2.45) is 0 Å². The van der Waals surface area contributed by atoms with Gasteiger partial charge in [-0.25, -0.2) is 0 Å². The van der Waals surface area contributed by atoms with E-state index in [1.54, 1.807) is 0 Å². The van der Waals surface area contributed by atoms with Gasteiger partial charge < -0.3 is 4.90 Å². The Kier molecular flexibility index (Phi) is 7.69. The molecule has 0 radical (unpaired) electrons. The van der Waals surface area contributed by atoms with Gasteiger partial charge in [-0.3, -0.25) is 0 Å². The number of hydrogen-bond acceptors (Lipinski definition) is 2. The van der Waals surface area contributed by atoms with Crippen molar-refractivity contribution in [1.29, 1.82) is 0 Å². The van der Waals surface area contributed by atoms with E-state index < -0.39 is 10.8 Å². The summed E-state index contributed by atoms with van der Waals surface area (Å²) in [5.74, 6) is 0. The fourth-order valence-corrected chi connectivity index (χ4v) is 14.7. The zero-order chi connectivity index (χ0) is 45.7. The third-order valence-electron chi connectivity index (χ3n) is 16.3. The third kappa shape index (κ3) is 4.81. The van der Waals surface area contributed by atoms with Crippen molar-refractivity contribution in [3.8, 4) is 55.6 Å². The number of benzene rings is 11. The number of hydrogen-bond donors (Lipinski definition) is 0. The van der Waals surface area contributed by atoms with E-state index in [4.69, 9.17) is 0 Å². The summed E-state index contributed by atoms with van der Waals surface area (Å²) >= 11 is 1.87. The van der Waals surface area contributed by atoms with Crippen LogP contribution in [-0.2, 0) is 10.8 Å². The van der Waals surface area contributed by atoms with Crippen molar-refractivity contribution in [3.63, 3.8) is 0 Å². The summed E-state index contributed by atoms with van der Waals surface area (Å²) in [4.78, 5) is 2.54. The zero-order valence-electron chi connectivity index (χ0n) is 38.0. The molecule has 0 unspecified atom stereocenters. The molecule has 2 heteroatoms. The molecule has 0 aliphatic heterocycles. The standard InChI is InChI=1S/C68H41NS/c1-8-25-57-47(18-1)48-19-2-9-26-58(48)67(57)61-29-12-5-22-51(61)53-35-33-45(40-63(53)67)69(44-17-15-16-42(38-44)43-32-37-66-56(39-43)55-24-7-14-31-65(55)70-66)46-34-36-54-52-23-6-13-30-62(52)68(64(54)41-46)59-27-10-3-20-49(59)50-21-4-11-28-60(50)68/h1-41H. The molecule has 12 aromatic rings. The van der Waals surface area contributed by atoms with Crippen LogP contribution < -0.4 is 4.90 Å². The van der Waals surface area contributed by atoms with Crippen molar-refractivity contribution in [2.45, 2.75) is 10.8 Å². The SMILES string of the molecule is c1cc(-c2ccc3sc4ccccc4c3c2)cc(N(c2ccc3c(c2)C2(c4ccccc4-c4ccccc42)c2ccccc2-3)c2ccc3c(c2)C2(c4ccccc4-c4ccccc42)c2ccccc2-3)c1. The first kappa shape index (κ1) is 38.4. The highest BCUT2D eigenvalue weighted by atomic mass is 32.1. The summed E-state index contributed by atoms with van der Waals surface area (Å²) < 4.78 is 2.64. The summed E-state index contributed by atoms with van der Waals surface area (Å²) in [6.45, 7) is 0. The fraction of sp³-hybridized carbons (Fsp3) is 0.0294. The zero-order valence-corrected chi connectivity index (χ0v) is 38.8. The summed E-state index contributed by atoms with van der Waals surface area (Å²) in [6.07, 6.45) is 0. The van der Waals surface area contributed by atoms with E-state index in [9.17, 15) is 0 Å². The number of fused-ring (bicyclic) bond motifs is 23. The predicted molar refractivity (Wildman–Crippen MR) is 292 cm³/mol. The number of thiophene rings is 1. The van der Waals surface area contributed by atoms with E-state index in [0.717, 1.165) is 17.1 Å². The highest BCUT2D eigenvalue weighted by Crippen LogP contribution is 2.65. The van der Waals surface area contributed by atoms with Crippen LogP contribution in [0.3, 0.4) is 0 Å². The van der Waals surface area contributed by atoms with Gasteiger partial charge in [-0.05, 0) is 155 Å². The largest absolute Gasteiger partial charge is 0.310 e. The van der Waals surface area contributed by atoms with Gasteiger partial charge in [0.1, 0.15) is 0 Å². The van der Waals surface area contributed by atoms with Crippen LogP contribution in [0.15, 0.2) is 249 Å². The van der Waals surface area contributed by atoms with Crippen molar-refractivity contribution in [2.75, 3.05) is 4.90 Å². The molecular weight excluding hydrogens is 863 g/mol. The normalized spacial score (nSPS) is 14.2. The maximum Gasteiger partial charge on any atom is 0.0726 e. The Labute approximate surface area is 410 Å². The Morgan fingerprint density at radius 2 is 0.614 bits per heavy atom. The van der Waals surface area contributed by atoms with Gasteiger partial charge in [-0.15, -0.1) is 11.3 Å². The minimum Gasteiger partial charge on any atom is -0.310 e. The second kappa shape index (κ2) is 14.0. The van der Waals surface area contributed by atoms with Gasteiger partial charge in [0.15, 0.2) is 0 Å². The first-order chi connectivity index (χ1) is 34.7. The van der Waals surface area contributed by atoms with Crippen molar-refractivity contribution in [1.82, 2.24) is 0 Å². The Morgan fingerprint density at radius 1 is 0.243 bits per heavy atom.